The third kappa shape index (κ3) is 8.00. The molecule has 1 fully saturated rings. The Morgan fingerprint density at radius 3 is 2.31 bits per heavy atom. The lowest BCUT2D eigenvalue weighted by molar-refractivity contribution is -0.184. The van der Waals surface area contributed by atoms with Gasteiger partial charge in [0.2, 0.25) is 5.91 Å². The van der Waals surface area contributed by atoms with Gasteiger partial charge < -0.3 is 9.88 Å². The Balaban J connectivity index is 1.72. The number of carbonyl (C=O) groups is 2. The molecule has 1 saturated heterocycles. The van der Waals surface area contributed by atoms with E-state index < -0.39 is 53.7 Å². The molecule has 1 N–H and O–H groups in total. The van der Waals surface area contributed by atoms with Crippen molar-refractivity contribution in [1.29, 1.82) is 0 Å². The summed E-state index contributed by atoms with van der Waals surface area (Å²) in [7, 11) is 0. The van der Waals surface area contributed by atoms with Gasteiger partial charge in [0.25, 0.3) is 5.56 Å². The van der Waals surface area contributed by atoms with E-state index in [-0.39, 0.29) is 17.9 Å². The minimum absolute atomic E-state index is 0.0734. The van der Waals surface area contributed by atoms with Crippen LogP contribution in [0.25, 0.3) is 11.1 Å². The number of aromatic nitrogens is 1. The van der Waals surface area contributed by atoms with Gasteiger partial charge in [-0.3, -0.25) is 19.4 Å². The van der Waals surface area contributed by atoms with E-state index in [4.69, 9.17) is 0 Å². The van der Waals surface area contributed by atoms with Crippen molar-refractivity contribution >= 4 is 11.9 Å². The molecular weight excluding hydrogens is 590 g/mol. The van der Waals surface area contributed by atoms with Crippen LogP contribution in [0, 0.1) is 38.3 Å². The van der Waals surface area contributed by atoms with Crippen molar-refractivity contribution in [2.75, 3.05) is 19.6 Å². The molecular formula is C34H39F4N3O4. The van der Waals surface area contributed by atoms with E-state index in [1.54, 1.807) is 13.1 Å². The molecule has 1 aromatic heterocycles. The molecule has 2 aromatic carbocycles. The molecule has 1 amide bonds. The molecule has 0 bridgehead atoms. The van der Waals surface area contributed by atoms with Crippen LogP contribution >= 0.6 is 0 Å². The normalized spacial score (nSPS) is 15.1. The van der Waals surface area contributed by atoms with Crippen LogP contribution in [-0.2, 0) is 21.0 Å². The summed E-state index contributed by atoms with van der Waals surface area (Å²) in [5.74, 6) is -4.72. The maximum atomic E-state index is 15.4. The number of likely N-dealkylation sites (tertiary alicyclic amines) is 1. The number of halogens is 4. The Hall–Kier alpha value is -3.99. The third-order valence-electron chi connectivity index (χ3n) is 8.31. The van der Waals surface area contributed by atoms with E-state index in [2.05, 4.69) is 10.3 Å². The van der Waals surface area contributed by atoms with Crippen LogP contribution in [0.3, 0.4) is 0 Å². The Kier molecular flexibility index (Phi) is 10.9. The van der Waals surface area contributed by atoms with Gasteiger partial charge in [-0.2, -0.15) is 0 Å². The Morgan fingerprint density at radius 1 is 1.04 bits per heavy atom. The van der Waals surface area contributed by atoms with Gasteiger partial charge in [0, 0.05) is 42.0 Å². The third-order valence-corrected chi connectivity index (χ3v) is 8.31. The van der Waals surface area contributed by atoms with Crippen LogP contribution in [0.1, 0.15) is 66.6 Å². The summed E-state index contributed by atoms with van der Waals surface area (Å²) in [4.78, 5) is 44.5. The van der Waals surface area contributed by atoms with Crippen molar-refractivity contribution in [3.05, 3.63) is 92.4 Å². The molecule has 1 unspecified atom stereocenters. The standard InChI is InChI=1S/C34H39F4N3O4/c1-19(2)11-29(41-16-23(22(5)12-30(41)42)9-10-40-17-25(35)18-40)34(44)39-28(15-31(43)45-38)26-13-24(14-27(36)33(26)37)32-20(3)7-6-8-21(32)4/h6-8,12-14,16,19,25,28-29H,9-11,15,17-18H2,1-5H3,(H,39,44)/t28-,29?/m0/s1. The number of nitrogens with one attached hydrogen (secondary N) is 1. The second kappa shape index (κ2) is 14.4. The van der Waals surface area contributed by atoms with Crippen molar-refractivity contribution in [1.82, 2.24) is 14.8 Å². The predicted molar refractivity (Wildman–Crippen MR) is 163 cm³/mol. The molecule has 4 rings (SSSR count). The first-order chi connectivity index (χ1) is 21.3. The van der Waals surface area contributed by atoms with E-state index in [0.717, 1.165) is 28.3 Å². The fourth-order valence-electron chi connectivity index (χ4n) is 5.94. The number of hydrogen-bond acceptors (Lipinski definition) is 5. The molecule has 7 nitrogen and oxygen atoms in total. The molecule has 45 heavy (non-hydrogen) atoms. The first-order valence-electron chi connectivity index (χ1n) is 15.0. The van der Waals surface area contributed by atoms with Crippen LogP contribution in [0.15, 0.2) is 47.4 Å². The lowest BCUT2D eigenvalue weighted by Crippen LogP contribution is -2.49. The van der Waals surface area contributed by atoms with E-state index in [0.29, 0.717) is 37.2 Å². The average Bonchev–Trinajstić information content (AvgIpc) is 2.95. The molecule has 0 radical (unpaired) electrons. The second-order valence-electron chi connectivity index (χ2n) is 12.3. The molecule has 242 valence electrons. The second-order valence-corrected chi connectivity index (χ2v) is 12.3. The predicted octanol–water partition coefficient (Wildman–Crippen LogP) is 6.18. The summed E-state index contributed by atoms with van der Waals surface area (Å²) in [5, 5.41) is 2.59. The highest BCUT2D eigenvalue weighted by molar-refractivity contribution is 5.82. The summed E-state index contributed by atoms with van der Waals surface area (Å²) < 4.78 is 58.0. The van der Waals surface area contributed by atoms with Crippen molar-refractivity contribution < 1.29 is 32.2 Å². The smallest absolute Gasteiger partial charge is 0.347 e. The number of pyridine rings is 1. The minimum Gasteiger partial charge on any atom is -0.347 e. The lowest BCUT2D eigenvalue weighted by Gasteiger charge is -2.34. The van der Waals surface area contributed by atoms with Gasteiger partial charge in [0.15, 0.2) is 11.6 Å². The number of aryl methyl sites for hydroxylation is 3. The fraction of sp³-hybridized carbons (Fsp3) is 0.441. The van der Waals surface area contributed by atoms with Gasteiger partial charge in [-0.15, -0.1) is 0 Å². The number of nitrogens with zero attached hydrogens (tertiary/aromatic N) is 2. The lowest BCUT2D eigenvalue weighted by atomic mass is 9.92. The van der Waals surface area contributed by atoms with Gasteiger partial charge in [-0.05, 0) is 85.0 Å². The summed E-state index contributed by atoms with van der Waals surface area (Å²) in [6.07, 6.45) is 0.645. The first-order valence-corrected chi connectivity index (χ1v) is 15.0. The molecule has 0 spiro atoms. The molecule has 1 aliphatic heterocycles. The van der Waals surface area contributed by atoms with Crippen LogP contribution in [-0.4, -0.2) is 47.1 Å². The zero-order chi connectivity index (χ0) is 33.0. The largest absolute Gasteiger partial charge is 0.351 e. The van der Waals surface area contributed by atoms with Crippen molar-refractivity contribution in [2.24, 2.45) is 5.92 Å². The van der Waals surface area contributed by atoms with Crippen LogP contribution < -0.4 is 10.9 Å². The Bertz CT molecular complexity index is 1600. The summed E-state index contributed by atoms with van der Waals surface area (Å²) in [5.41, 5.74) is 3.25. The van der Waals surface area contributed by atoms with Crippen molar-refractivity contribution in [2.45, 2.75) is 72.1 Å². The molecule has 0 saturated carbocycles. The molecule has 0 aliphatic carbocycles. The van der Waals surface area contributed by atoms with Crippen LogP contribution in [0.5, 0.6) is 0 Å². The quantitative estimate of drug-likeness (QED) is 0.242. The Labute approximate surface area is 260 Å². The Morgan fingerprint density at radius 2 is 1.71 bits per heavy atom. The number of amides is 1. The monoisotopic (exact) mass is 629 g/mol. The highest BCUT2D eigenvalue weighted by Gasteiger charge is 2.31. The molecule has 11 heteroatoms. The number of alkyl halides is 1. The number of benzene rings is 2. The number of hydrogen-bond donors (Lipinski definition) is 1. The zero-order valence-corrected chi connectivity index (χ0v) is 26.1. The molecule has 3 aromatic rings. The molecule has 2 heterocycles. The van der Waals surface area contributed by atoms with Gasteiger partial charge in [0.1, 0.15) is 12.2 Å². The minimum atomic E-state index is -1.52. The van der Waals surface area contributed by atoms with Gasteiger partial charge in [-0.25, -0.2) is 18.0 Å². The van der Waals surface area contributed by atoms with Gasteiger partial charge in [0.05, 0.1) is 12.5 Å². The zero-order valence-electron chi connectivity index (χ0n) is 26.1. The van der Waals surface area contributed by atoms with Gasteiger partial charge >= 0.3 is 5.97 Å². The maximum absolute atomic E-state index is 15.4. The maximum Gasteiger partial charge on any atom is 0.351 e. The average molecular weight is 630 g/mol. The van der Waals surface area contributed by atoms with E-state index >= 15 is 8.78 Å². The van der Waals surface area contributed by atoms with Crippen molar-refractivity contribution in [3.63, 3.8) is 0 Å². The topological polar surface area (TPSA) is 80.6 Å². The number of carbonyl (C=O) groups excluding carboxylic acids is 2. The molecule has 2 atom stereocenters. The van der Waals surface area contributed by atoms with Crippen LogP contribution in [0.2, 0.25) is 0 Å². The number of rotatable bonds is 12. The highest BCUT2D eigenvalue weighted by Crippen LogP contribution is 2.33. The summed E-state index contributed by atoms with van der Waals surface area (Å²) in [6.45, 7) is 10.4. The highest BCUT2D eigenvalue weighted by atomic mass is 19.3. The first kappa shape index (κ1) is 33.9. The van der Waals surface area contributed by atoms with E-state index in [9.17, 15) is 23.3 Å². The van der Waals surface area contributed by atoms with Gasteiger partial charge in [-0.1, -0.05) is 32.0 Å². The van der Waals surface area contributed by atoms with Crippen molar-refractivity contribution in [3.8, 4) is 11.1 Å². The van der Waals surface area contributed by atoms with Crippen LogP contribution in [0.4, 0.5) is 17.7 Å². The fourth-order valence-corrected chi connectivity index (χ4v) is 5.94. The van der Waals surface area contributed by atoms with E-state index in [1.165, 1.54) is 16.7 Å². The van der Waals surface area contributed by atoms with E-state index in [1.807, 2.05) is 50.8 Å². The summed E-state index contributed by atoms with van der Waals surface area (Å²) in [6, 6.07) is 6.63. The molecule has 1 aliphatic rings. The SMILES string of the molecule is Cc1cc(=O)n(C(CC(C)C)C(=O)N[C@@H](CC(=O)OF)c2cc(-c3c(C)cccc3C)cc(F)c2F)cc1CCN1CC(F)C1. The summed E-state index contributed by atoms with van der Waals surface area (Å²) >= 11 is 0.